The quantitative estimate of drug-likeness (QED) is 0.0104. The molecule has 0 aromatic carbocycles. The Morgan fingerprint density at radius 2 is 1.28 bits per heavy atom. The fraction of sp³-hybridized carbons (Fsp3) is 0.831. The second-order valence-corrected chi connectivity index (χ2v) is 29.0. The van der Waals surface area contributed by atoms with E-state index in [1.54, 1.807) is 0 Å². The van der Waals surface area contributed by atoms with Gasteiger partial charge in [0, 0.05) is 44.9 Å². The van der Waals surface area contributed by atoms with Gasteiger partial charge in [-0.05, 0) is 128 Å². The van der Waals surface area contributed by atoms with Gasteiger partial charge in [0.2, 0.25) is 10.4 Å². The van der Waals surface area contributed by atoms with Gasteiger partial charge in [-0.1, -0.05) is 101 Å². The van der Waals surface area contributed by atoms with Crippen LogP contribution in [0.15, 0.2) is 61.3 Å². The Bertz CT molecular complexity index is 2490. The van der Waals surface area contributed by atoms with Crippen molar-refractivity contribution in [3.05, 3.63) is 61.3 Å². The molecular formula is C71H117NaO24S. The molecule has 0 aromatic rings. The van der Waals surface area contributed by atoms with Gasteiger partial charge < -0.3 is 93.5 Å². The van der Waals surface area contributed by atoms with Crippen LogP contribution in [0, 0.1) is 11.8 Å². The third kappa shape index (κ3) is 31.6. The Hall–Kier alpha value is -1.81. The molecule has 22 unspecified atom stereocenters. The molecule has 0 saturated carbocycles. The Morgan fingerprint density at radius 1 is 0.619 bits per heavy atom. The SMILES string of the molecule is C=CCCC1OC1CC(=C)CCC1OC1CCCC/C=C/CC/C=C/CC(C)/C=C/CC(C)CCCCCCC(=O)CCCC(CC(O)CC(=O)CC1CCC(C2CC(O)C(OS(=O)(=O)[O-])[C@@H](CC(C)O)O2)O1)OC1O[C@H](COC2O[C@H](CO)C(O)C(O)C2O)C(O)C(O)C1O.[Na+]. The van der Waals surface area contributed by atoms with Crippen molar-refractivity contribution in [1.29, 1.82) is 0 Å². The predicted octanol–water partition coefficient (Wildman–Crippen LogP) is 3.15. The Kier molecular flexibility index (Phi) is 39.6. The van der Waals surface area contributed by atoms with Crippen molar-refractivity contribution in [2.24, 2.45) is 11.8 Å². The van der Waals surface area contributed by atoms with Crippen molar-refractivity contribution >= 4 is 22.0 Å². The molecule has 552 valence electrons. The number of aliphatic hydroxyl groups is 10. The van der Waals surface area contributed by atoms with E-state index in [4.69, 9.17) is 37.9 Å². The number of unbranched alkanes of at least 4 members (excludes halogenated alkanes) is 6. The molecule has 25 atom stereocenters. The maximum atomic E-state index is 13.5. The van der Waals surface area contributed by atoms with E-state index in [0.717, 1.165) is 103 Å². The minimum Gasteiger partial charge on any atom is -0.726 e. The molecule has 26 heteroatoms. The maximum Gasteiger partial charge on any atom is 1.00 e. The van der Waals surface area contributed by atoms with Crippen LogP contribution in [0.1, 0.15) is 207 Å². The van der Waals surface area contributed by atoms with Crippen molar-refractivity contribution in [3.8, 4) is 0 Å². The van der Waals surface area contributed by atoms with Gasteiger partial charge in [-0.15, -0.1) is 6.58 Å². The number of ether oxygens (including phenoxy) is 8. The number of epoxide rings is 2. The first-order valence-corrected chi connectivity index (χ1v) is 37.0. The van der Waals surface area contributed by atoms with Crippen LogP contribution in [0.2, 0.25) is 0 Å². The number of aliphatic hydroxyl groups excluding tert-OH is 10. The van der Waals surface area contributed by atoms with Gasteiger partial charge in [-0.2, -0.15) is 0 Å². The van der Waals surface area contributed by atoms with Crippen LogP contribution >= 0.6 is 0 Å². The van der Waals surface area contributed by atoms with Crippen molar-refractivity contribution < 1.29 is 145 Å². The molecule has 6 saturated heterocycles. The second-order valence-electron chi connectivity index (χ2n) is 28.0. The fourth-order valence-electron chi connectivity index (χ4n) is 13.5. The number of Topliss-reactive ketones (excluding diaryl/α,β-unsaturated/α-hetero) is 2. The number of ketones is 2. The average Bonchev–Trinajstić information content (AvgIpc) is 1.69. The second kappa shape index (κ2) is 44.8. The number of allylic oxidation sites excluding steroid dienone is 7. The topological polar surface area (TPSA) is 383 Å². The summed E-state index contributed by atoms with van der Waals surface area (Å²) >= 11 is 0. The summed E-state index contributed by atoms with van der Waals surface area (Å²) in [6.45, 7) is 12.7. The minimum atomic E-state index is -5.22. The standard InChI is InChI=1S/C71H118O24S.Na/c1-6-7-30-55-58(91-55)36-46(4)32-34-56-54(90-56)31-20-14-12-10-8-9-11-13-17-23-44(2)25-21-26-45(3)24-18-15-16-19-27-48(74)28-22-29-51(89-71-68(83)66(81)64(79)62(94-71)43-87-70-67(82)65(80)63(78)61(42-72)93-70)39-49(75)38-50(76)40-52-33-35-57(88-52)59-41-53(77)69(95-96(84,85)86)60(92-59)37-47(5)73;/h6,8,10,13,17,21,25,44-45,47,49,51-73,75,77-83H,1,4,7,9,11-12,14-16,18-20,22-24,26-43H2,2-3,5H3,(H,84,85,86);/q;+1/p-1/b10-8+,17-13+,25-21+;/t44?,45?,47?,49?,51?,52?,53?,54?,55?,56?,57?,58?,59?,60-,61-,62-,63?,64?,65?,66?,67?,68?,69?,70?,71?;/m1./s1. The molecule has 6 rings (SSSR count). The van der Waals surface area contributed by atoms with Crippen molar-refractivity contribution in [2.45, 2.75) is 348 Å². The van der Waals surface area contributed by atoms with E-state index in [-0.39, 0.29) is 86.1 Å². The minimum absolute atomic E-state index is 0. The van der Waals surface area contributed by atoms with Crippen LogP contribution in [0.5, 0.6) is 0 Å². The first-order chi connectivity index (χ1) is 45.8. The van der Waals surface area contributed by atoms with Gasteiger partial charge in [-0.3, -0.25) is 13.8 Å². The molecule has 0 radical (unpaired) electrons. The summed E-state index contributed by atoms with van der Waals surface area (Å²) in [6.07, 6.45) is 10.7. The van der Waals surface area contributed by atoms with E-state index in [2.05, 4.69) is 67.6 Å². The van der Waals surface area contributed by atoms with E-state index in [1.165, 1.54) is 25.3 Å². The number of hydrogen-bond acceptors (Lipinski definition) is 24. The molecule has 0 spiro atoms. The molecule has 0 aromatic heterocycles. The Balaban J connectivity index is 0.0000170. The summed E-state index contributed by atoms with van der Waals surface area (Å²) in [6, 6.07) is 0. The van der Waals surface area contributed by atoms with Crippen LogP contribution in [-0.2, 0) is 62.1 Å². The molecule has 97 heavy (non-hydrogen) atoms. The van der Waals surface area contributed by atoms with Gasteiger partial charge >= 0.3 is 29.6 Å². The summed E-state index contributed by atoms with van der Waals surface area (Å²) < 4.78 is 85.7. The molecule has 0 aliphatic carbocycles. The van der Waals surface area contributed by atoms with Gasteiger partial charge in [0.15, 0.2) is 12.6 Å². The van der Waals surface area contributed by atoms with Crippen molar-refractivity contribution in [3.63, 3.8) is 0 Å². The van der Waals surface area contributed by atoms with E-state index in [9.17, 15) is 73.6 Å². The molecule has 24 nitrogen and oxygen atoms in total. The van der Waals surface area contributed by atoms with Crippen molar-refractivity contribution in [1.82, 2.24) is 0 Å². The van der Waals surface area contributed by atoms with E-state index in [0.29, 0.717) is 61.9 Å². The number of carbonyl (C=O) groups is 2. The maximum absolute atomic E-state index is 13.5. The third-order valence-electron chi connectivity index (χ3n) is 19.3. The zero-order valence-electron chi connectivity index (χ0n) is 57.9. The first-order valence-electron chi connectivity index (χ1n) is 35.7. The van der Waals surface area contributed by atoms with Gasteiger partial charge in [-0.25, -0.2) is 8.42 Å². The van der Waals surface area contributed by atoms with E-state index in [1.807, 2.05) is 6.08 Å². The summed E-state index contributed by atoms with van der Waals surface area (Å²) in [4.78, 5) is 26.7. The van der Waals surface area contributed by atoms with Crippen LogP contribution < -0.4 is 29.6 Å². The summed E-state index contributed by atoms with van der Waals surface area (Å²) in [7, 11) is -5.22. The Labute approximate surface area is 597 Å². The van der Waals surface area contributed by atoms with Crippen LogP contribution in [0.3, 0.4) is 0 Å². The van der Waals surface area contributed by atoms with Gasteiger partial charge in [0.1, 0.15) is 66.5 Å². The molecule has 6 aliphatic heterocycles. The average molecular weight is 1410 g/mol. The van der Waals surface area contributed by atoms with E-state index >= 15 is 0 Å². The van der Waals surface area contributed by atoms with Crippen LogP contribution in [0.4, 0.5) is 0 Å². The predicted molar refractivity (Wildman–Crippen MR) is 353 cm³/mol. The summed E-state index contributed by atoms with van der Waals surface area (Å²) in [5.74, 6) is 0.657. The number of carbonyl (C=O) groups excluding carboxylic acids is 2. The molecule has 0 bridgehead atoms. The van der Waals surface area contributed by atoms with Gasteiger partial charge in [0.25, 0.3) is 0 Å². The zero-order chi connectivity index (χ0) is 69.9. The molecule has 6 heterocycles. The van der Waals surface area contributed by atoms with Crippen molar-refractivity contribution in [2.75, 3.05) is 13.2 Å². The first kappa shape index (κ1) is 85.8. The normalized spacial score (nSPS) is 33.8. The number of hydrogen-bond donors (Lipinski definition) is 10. The molecule has 6 aliphatic rings. The van der Waals surface area contributed by atoms with Crippen LogP contribution in [-0.4, -0.2) is 230 Å². The third-order valence-corrected chi connectivity index (χ3v) is 19.7. The summed E-state index contributed by atoms with van der Waals surface area (Å²) in [5, 5.41) is 106. The van der Waals surface area contributed by atoms with E-state index < -0.39 is 140 Å². The molecule has 0 amide bonds. The summed E-state index contributed by atoms with van der Waals surface area (Å²) in [5.41, 5.74) is 1.28. The zero-order valence-corrected chi connectivity index (χ0v) is 60.7. The molecule has 10 N–H and O–H groups in total. The molecular weight excluding hydrogens is 1290 g/mol. The van der Waals surface area contributed by atoms with Gasteiger partial charge in [0.05, 0.1) is 86.5 Å². The largest absolute Gasteiger partial charge is 1.00 e. The smallest absolute Gasteiger partial charge is 0.726 e. The number of rotatable bonds is 49. The fourth-order valence-corrected chi connectivity index (χ4v) is 14.0. The monoisotopic (exact) mass is 1410 g/mol. The molecule has 6 fully saturated rings. The Morgan fingerprint density at radius 3 is 2.00 bits per heavy atom. The van der Waals surface area contributed by atoms with Crippen LogP contribution in [0.25, 0.3) is 0 Å².